The molecule has 1 nitrogen and oxygen atoms in total. The molecule has 0 heterocycles. The van der Waals surface area contributed by atoms with E-state index in [1.54, 1.807) is 0 Å². The molecule has 16 heavy (non-hydrogen) atoms. The highest BCUT2D eigenvalue weighted by atomic mass is 19.1. The van der Waals surface area contributed by atoms with Crippen LogP contribution in [-0.4, -0.2) is 6.54 Å². The van der Waals surface area contributed by atoms with Gasteiger partial charge in [-0.15, -0.1) is 0 Å². The number of halogens is 2. The van der Waals surface area contributed by atoms with Gasteiger partial charge in [-0.3, -0.25) is 0 Å². The number of benzene rings is 1. The molecule has 0 aliphatic carbocycles. The molecule has 1 rings (SSSR count). The van der Waals surface area contributed by atoms with E-state index < -0.39 is 0 Å². The molecule has 1 N–H and O–H groups in total. The molecule has 2 atom stereocenters. The van der Waals surface area contributed by atoms with Crippen molar-refractivity contribution in [3.8, 4) is 0 Å². The first-order valence-corrected chi connectivity index (χ1v) is 5.78. The lowest BCUT2D eigenvalue weighted by Gasteiger charge is -2.24. The van der Waals surface area contributed by atoms with E-state index in [1.165, 1.54) is 12.1 Å². The van der Waals surface area contributed by atoms with Crippen molar-refractivity contribution in [2.45, 2.75) is 33.2 Å². The zero-order chi connectivity index (χ0) is 12.1. The van der Waals surface area contributed by atoms with Crippen LogP contribution in [0.15, 0.2) is 18.2 Å². The van der Waals surface area contributed by atoms with Crippen molar-refractivity contribution in [1.29, 1.82) is 0 Å². The highest BCUT2D eigenvalue weighted by Gasteiger charge is 2.20. The molecule has 0 aliphatic heterocycles. The lowest BCUT2D eigenvalue weighted by molar-refractivity contribution is 0.370. The largest absolute Gasteiger partial charge is 0.310 e. The number of rotatable bonds is 5. The summed E-state index contributed by atoms with van der Waals surface area (Å²) < 4.78 is 26.8. The molecular formula is C13H19F2N. The van der Waals surface area contributed by atoms with Crippen LogP contribution in [0, 0.1) is 17.6 Å². The molecular weight excluding hydrogens is 208 g/mol. The second kappa shape index (κ2) is 5.94. The lowest BCUT2D eigenvalue weighted by atomic mass is 9.92. The van der Waals surface area contributed by atoms with Crippen LogP contribution in [0.4, 0.5) is 8.78 Å². The zero-order valence-corrected chi connectivity index (χ0v) is 10.1. The van der Waals surface area contributed by atoms with Crippen molar-refractivity contribution < 1.29 is 8.78 Å². The van der Waals surface area contributed by atoms with Crippen molar-refractivity contribution in [3.05, 3.63) is 35.4 Å². The normalized spacial score (nSPS) is 14.8. The maximum atomic E-state index is 13.6. The van der Waals surface area contributed by atoms with E-state index >= 15 is 0 Å². The number of hydrogen-bond donors (Lipinski definition) is 1. The SMILES string of the molecule is CCNC(c1cc(F)ccc1F)C(C)CC. The van der Waals surface area contributed by atoms with Gasteiger partial charge < -0.3 is 5.32 Å². The van der Waals surface area contributed by atoms with Gasteiger partial charge in [-0.25, -0.2) is 8.78 Å². The molecule has 1 aromatic rings. The van der Waals surface area contributed by atoms with Crippen molar-refractivity contribution in [1.82, 2.24) is 5.32 Å². The second-order valence-electron chi connectivity index (χ2n) is 4.09. The van der Waals surface area contributed by atoms with Gasteiger partial charge in [0.1, 0.15) is 11.6 Å². The highest BCUT2D eigenvalue weighted by molar-refractivity contribution is 5.23. The van der Waals surface area contributed by atoms with Crippen molar-refractivity contribution in [2.24, 2.45) is 5.92 Å². The summed E-state index contributed by atoms with van der Waals surface area (Å²) in [5, 5.41) is 3.21. The highest BCUT2D eigenvalue weighted by Crippen LogP contribution is 2.26. The molecule has 0 fully saturated rings. The molecule has 0 aromatic heterocycles. The summed E-state index contributed by atoms with van der Waals surface area (Å²) in [7, 11) is 0. The molecule has 2 unspecified atom stereocenters. The summed E-state index contributed by atoms with van der Waals surface area (Å²) in [5.74, 6) is -0.452. The average Bonchev–Trinajstić information content (AvgIpc) is 2.28. The third-order valence-corrected chi connectivity index (χ3v) is 2.93. The molecule has 0 amide bonds. The maximum Gasteiger partial charge on any atom is 0.128 e. The van der Waals surface area contributed by atoms with Gasteiger partial charge in [0.2, 0.25) is 0 Å². The van der Waals surface area contributed by atoms with Gasteiger partial charge in [-0.05, 0) is 30.7 Å². The Labute approximate surface area is 95.9 Å². The Morgan fingerprint density at radius 1 is 1.25 bits per heavy atom. The van der Waals surface area contributed by atoms with Gasteiger partial charge in [0.25, 0.3) is 0 Å². The fourth-order valence-electron chi connectivity index (χ4n) is 1.83. The fraction of sp³-hybridized carbons (Fsp3) is 0.538. The van der Waals surface area contributed by atoms with Crippen molar-refractivity contribution in [3.63, 3.8) is 0 Å². The third-order valence-electron chi connectivity index (χ3n) is 2.93. The minimum Gasteiger partial charge on any atom is -0.310 e. The van der Waals surface area contributed by atoms with Gasteiger partial charge in [0, 0.05) is 11.6 Å². The van der Waals surface area contributed by atoms with Gasteiger partial charge in [0.15, 0.2) is 0 Å². The molecule has 0 saturated heterocycles. The minimum absolute atomic E-state index is 0.120. The first kappa shape index (κ1) is 13.1. The van der Waals surface area contributed by atoms with E-state index in [0.717, 1.165) is 19.0 Å². The molecule has 0 bridgehead atoms. The lowest BCUT2D eigenvalue weighted by Crippen LogP contribution is -2.27. The average molecular weight is 227 g/mol. The van der Waals surface area contributed by atoms with Crippen LogP contribution < -0.4 is 5.32 Å². The van der Waals surface area contributed by atoms with E-state index in [1.807, 2.05) is 20.8 Å². The second-order valence-corrected chi connectivity index (χ2v) is 4.09. The summed E-state index contributed by atoms with van der Waals surface area (Å²) in [4.78, 5) is 0. The number of hydrogen-bond acceptors (Lipinski definition) is 1. The van der Waals surface area contributed by atoms with Crippen LogP contribution in [0.3, 0.4) is 0 Å². The summed E-state index contributed by atoms with van der Waals surface area (Å²) in [5.41, 5.74) is 0.427. The Bertz CT molecular complexity index is 339. The minimum atomic E-state index is -0.386. The van der Waals surface area contributed by atoms with Gasteiger partial charge in [0.05, 0.1) is 0 Å². The molecule has 1 aromatic carbocycles. The zero-order valence-electron chi connectivity index (χ0n) is 10.1. The molecule has 0 aliphatic rings. The van der Waals surface area contributed by atoms with Crippen LogP contribution in [-0.2, 0) is 0 Å². The van der Waals surface area contributed by atoms with E-state index in [-0.39, 0.29) is 23.6 Å². The van der Waals surface area contributed by atoms with Gasteiger partial charge in [-0.1, -0.05) is 27.2 Å². The van der Waals surface area contributed by atoms with Crippen LogP contribution in [0.2, 0.25) is 0 Å². The number of nitrogens with one attached hydrogen (secondary N) is 1. The Balaban J connectivity index is 3.04. The van der Waals surface area contributed by atoms with Crippen LogP contribution in [0.1, 0.15) is 38.8 Å². The molecule has 0 saturated carbocycles. The first-order valence-electron chi connectivity index (χ1n) is 5.78. The van der Waals surface area contributed by atoms with Gasteiger partial charge in [-0.2, -0.15) is 0 Å². The standard InChI is InChI=1S/C13H19F2N/c1-4-9(3)13(16-5-2)11-8-10(14)6-7-12(11)15/h6-9,13,16H,4-5H2,1-3H3. The van der Waals surface area contributed by atoms with Crippen LogP contribution in [0.5, 0.6) is 0 Å². The van der Waals surface area contributed by atoms with Crippen molar-refractivity contribution in [2.75, 3.05) is 6.54 Å². The van der Waals surface area contributed by atoms with E-state index in [2.05, 4.69) is 5.32 Å². The summed E-state index contributed by atoms with van der Waals surface area (Å²) >= 11 is 0. The first-order chi connectivity index (χ1) is 7.60. The third kappa shape index (κ3) is 3.01. The Morgan fingerprint density at radius 3 is 2.50 bits per heavy atom. The van der Waals surface area contributed by atoms with Crippen LogP contribution in [0.25, 0.3) is 0 Å². The Hall–Kier alpha value is -0.960. The quantitative estimate of drug-likeness (QED) is 0.809. The predicted octanol–water partition coefficient (Wildman–Crippen LogP) is 3.66. The summed E-state index contributed by atoms with van der Waals surface area (Å²) in [6.45, 7) is 6.79. The van der Waals surface area contributed by atoms with E-state index in [9.17, 15) is 8.78 Å². The Kier molecular flexibility index (Phi) is 4.87. The van der Waals surface area contributed by atoms with E-state index in [0.29, 0.717) is 5.56 Å². The predicted molar refractivity (Wildman–Crippen MR) is 62.2 cm³/mol. The monoisotopic (exact) mass is 227 g/mol. The smallest absolute Gasteiger partial charge is 0.128 e. The summed E-state index contributed by atoms with van der Waals surface area (Å²) in [6.07, 6.45) is 0.924. The van der Waals surface area contributed by atoms with Crippen molar-refractivity contribution >= 4 is 0 Å². The maximum absolute atomic E-state index is 13.6. The topological polar surface area (TPSA) is 12.0 Å². The van der Waals surface area contributed by atoms with Crippen LogP contribution >= 0.6 is 0 Å². The molecule has 0 spiro atoms. The molecule has 3 heteroatoms. The molecule has 0 radical (unpaired) electrons. The summed E-state index contributed by atoms with van der Waals surface area (Å²) in [6, 6.07) is 3.51. The molecule has 90 valence electrons. The Morgan fingerprint density at radius 2 is 1.94 bits per heavy atom. The fourth-order valence-corrected chi connectivity index (χ4v) is 1.83. The van der Waals surface area contributed by atoms with E-state index in [4.69, 9.17) is 0 Å². The van der Waals surface area contributed by atoms with Gasteiger partial charge >= 0.3 is 0 Å².